The lowest BCUT2D eigenvalue weighted by Gasteiger charge is -2.30. The maximum absolute atomic E-state index is 6.03. The topological polar surface area (TPSA) is 24.9 Å². The molecule has 1 N–H and O–H groups in total. The van der Waals surface area contributed by atoms with Crippen molar-refractivity contribution in [3.8, 4) is 0 Å². The molecule has 0 aliphatic heterocycles. The van der Waals surface area contributed by atoms with Gasteiger partial charge in [-0.2, -0.15) is 0 Å². The van der Waals surface area contributed by atoms with E-state index < -0.39 is 0 Å². The summed E-state index contributed by atoms with van der Waals surface area (Å²) in [6.07, 6.45) is 7.14. The Morgan fingerprint density at radius 2 is 2.05 bits per heavy atom. The number of hydrogen-bond donors (Lipinski definition) is 1. The summed E-state index contributed by atoms with van der Waals surface area (Å²) in [5.74, 6) is 0.740. The minimum absolute atomic E-state index is 0.579. The highest BCUT2D eigenvalue weighted by atomic mass is 35.5. The molecule has 100 valence electrons. The third-order valence-electron chi connectivity index (χ3n) is 4.16. The van der Waals surface area contributed by atoms with Crippen LogP contribution in [-0.4, -0.2) is 11.0 Å². The fourth-order valence-electron chi connectivity index (χ4n) is 2.98. The molecular weight excluding hydrogens is 256 g/mol. The van der Waals surface area contributed by atoms with Crippen LogP contribution >= 0.6 is 11.6 Å². The first kappa shape index (κ1) is 12.7. The average Bonchev–Trinajstić information content (AvgIpc) is 2.41. The summed E-state index contributed by atoms with van der Waals surface area (Å²) < 4.78 is 0. The summed E-state index contributed by atoms with van der Waals surface area (Å²) in [5, 5.41) is 5.61. The van der Waals surface area contributed by atoms with Crippen molar-refractivity contribution in [1.29, 1.82) is 0 Å². The second kappa shape index (κ2) is 5.38. The zero-order valence-corrected chi connectivity index (χ0v) is 12.0. The van der Waals surface area contributed by atoms with Gasteiger partial charge in [0.2, 0.25) is 0 Å². The lowest BCUT2D eigenvalue weighted by molar-refractivity contribution is 0.350. The van der Waals surface area contributed by atoms with Crippen LogP contribution in [0.25, 0.3) is 10.9 Å². The van der Waals surface area contributed by atoms with Gasteiger partial charge in [0.25, 0.3) is 0 Å². The Bertz CT molecular complexity index is 582. The van der Waals surface area contributed by atoms with Gasteiger partial charge in [0.1, 0.15) is 0 Å². The molecule has 1 aliphatic carbocycles. The molecule has 1 aromatic heterocycles. The van der Waals surface area contributed by atoms with Gasteiger partial charge in [0, 0.05) is 28.3 Å². The minimum atomic E-state index is 0.579. The Balaban J connectivity index is 1.92. The monoisotopic (exact) mass is 274 g/mol. The predicted octanol–water partition coefficient (Wildman–Crippen LogP) is 4.88. The molecular formula is C16H19ClN2. The number of nitrogens with zero attached hydrogens (tertiary/aromatic N) is 1. The van der Waals surface area contributed by atoms with Crippen molar-refractivity contribution in [1.82, 2.24) is 4.98 Å². The second-order valence-electron chi connectivity index (χ2n) is 5.53. The highest BCUT2D eigenvalue weighted by Gasteiger charge is 2.21. The molecule has 2 atom stereocenters. The Morgan fingerprint density at radius 1 is 1.21 bits per heavy atom. The van der Waals surface area contributed by atoms with Gasteiger partial charge in [-0.1, -0.05) is 31.4 Å². The number of benzene rings is 1. The van der Waals surface area contributed by atoms with Crippen molar-refractivity contribution < 1.29 is 0 Å². The molecule has 2 unspecified atom stereocenters. The molecule has 0 spiro atoms. The van der Waals surface area contributed by atoms with Crippen LogP contribution in [0.2, 0.25) is 5.02 Å². The summed E-state index contributed by atoms with van der Waals surface area (Å²) in [6, 6.07) is 8.56. The molecule has 1 aromatic carbocycles. The van der Waals surface area contributed by atoms with E-state index in [1.54, 1.807) is 0 Å². The molecule has 0 bridgehead atoms. The van der Waals surface area contributed by atoms with Gasteiger partial charge in [-0.15, -0.1) is 0 Å². The molecule has 3 rings (SSSR count). The van der Waals surface area contributed by atoms with Crippen molar-refractivity contribution >= 4 is 28.2 Å². The fraction of sp³-hybridized carbons (Fsp3) is 0.438. The first-order valence-electron chi connectivity index (χ1n) is 7.05. The zero-order chi connectivity index (χ0) is 13.2. The summed E-state index contributed by atoms with van der Waals surface area (Å²) in [7, 11) is 0. The third-order valence-corrected chi connectivity index (χ3v) is 4.39. The lowest BCUT2D eigenvalue weighted by Crippen LogP contribution is -2.30. The number of halogens is 1. The molecule has 1 heterocycles. The SMILES string of the molecule is CC1CCCCC1Nc1ccnc2cc(Cl)ccc12. The number of hydrogen-bond acceptors (Lipinski definition) is 2. The van der Waals surface area contributed by atoms with Gasteiger partial charge in [-0.05, 0) is 43.0 Å². The summed E-state index contributed by atoms with van der Waals surface area (Å²) in [4.78, 5) is 4.39. The third kappa shape index (κ3) is 2.69. The van der Waals surface area contributed by atoms with Crippen molar-refractivity contribution in [2.75, 3.05) is 5.32 Å². The van der Waals surface area contributed by atoms with E-state index >= 15 is 0 Å². The Hall–Kier alpha value is -1.28. The Kier molecular flexibility index (Phi) is 3.61. The molecule has 1 fully saturated rings. The first-order chi connectivity index (χ1) is 9.24. The van der Waals surface area contributed by atoms with E-state index in [2.05, 4.69) is 29.4 Å². The number of aromatic nitrogens is 1. The van der Waals surface area contributed by atoms with E-state index in [4.69, 9.17) is 11.6 Å². The largest absolute Gasteiger partial charge is 0.381 e. The van der Waals surface area contributed by atoms with Crippen LogP contribution in [0.5, 0.6) is 0 Å². The van der Waals surface area contributed by atoms with Crippen molar-refractivity contribution in [3.63, 3.8) is 0 Å². The second-order valence-corrected chi connectivity index (χ2v) is 5.97. The summed E-state index contributed by atoms with van der Waals surface area (Å²) in [5.41, 5.74) is 2.14. The van der Waals surface area contributed by atoms with Gasteiger partial charge in [0.15, 0.2) is 0 Å². The van der Waals surface area contributed by atoms with Gasteiger partial charge in [-0.3, -0.25) is 4.98 Å². The highest BCUT2D eigenvalue weighted by Crippen LogP contribution is 2.30. The van der Waals surface area contributed by atoms with Crippen LogP contribution < -0.4 is 5.32 Å². The quantitative estimate of drug-likeness (QED) is 0.844. The van der Waals surface area contributed by atoms with Crippen molar-refractivity contribution in [3.05, 3.63) is 35.5 Å². The maximum atomic E-state index is 6.03. The van der Waals surface area contributed by atoms with Crippen LogP contribution in [-0.2, 0) is 0 Å². The van der Waals surface area contributed by atoms with E-state index in [0.717, 1.165) is 21.8 Å². The molecule has 2 nitrogen and oxygen atoms in total. The summed E-state index contributed by atoms with van der Waals surface area (Å²) in [6.45, 7) is 2.34. The molecule has 0 radical (unpaired) electrons. The number of nitrogens with one attached hydrogen (secondary N) is 1. The van der Waals surface area contributed by atoms with Gasteiger partial charge in [-0.25, -0.2) is 0 Å². The molecule has 3 heteroatoms. The number of rotatable bonds is 2. The van der Waals surface area contributed by atoms with E-state index in [0.29, 0.717) is 6.04 Å². The van der Waals surface area contributed by atoms with Crippen LogP contribution in [0.4, 0.5) is 5.69 Å². The highest BCUT2D eigenvalue weighted by molar-refractivity contribution is 6.31. The van der Waals surface area contributed by atoms with E-state index in [1.165, 1.54) is 31.4 Å². The molecule has 1 aliphatic rings. The number of pyridine rings is 1. The molecule has 0 amide bonds. The Morgan fingerprint density at radius 3 is 2.89 bits per heavy atom. The van der Waals surface area contributed by atoms with Crippen molar-refractivity contribution in [2.45, 2.75) is 38.6 Å². The normalized spacial score (nSPS) is 23.5. The molecule has 2 aromatic rings. The smallest absolute Gasteiger partial charge is 0.0737 e. The molecule has 19 heavy (non-hydrogen) atoms. The number of anilines is 1. The maximum Gasteiger partial charge on any atom is 0.0737 e. The van der Waals surface area contributed by atoms with Crippen LogP contribution in [0.1, 0.15) is 32.6 Å². The summed E-state index contributed by atoms with van der Waals surface area (Å²) >= 11 is 6.03. The number of fused-ring (bicyclic) bond motifs is 1. The van der Waals surface area contributed by atoms with Gasteiger partial charge in [0.05, 0.1) is 5.52 Å². The predicted molar refractivity (Wildman–Crippen MR) is 81.8 cm³/mol. The zero-order valence-electron chi connectivity index (χ0n) is 11.2. The Labute approximate surface area is 119 Å². The first-order valence-corrected chi connectivity index (χ1v) is 7.42. The van der Waals surface area contributed by atoms with Crippen LogP contribution in [0.3, 0.4) is 0 Å². The lowest BCUT2D eigenvalue weighted by atomic mass is 9.86. The van der Waals surface area contributed by atoms with Gasteiger partial charge >= 0.3 is 0 Å². The van der Waals surface area contributed by atoms with Crippen molar-refractivity contribution in [2.24, 2.45) is 5.92 Å². The van der Waals surface area contributed by atoms with E-state index in [-0.39, 0.29) is 0 Å². The minimum Gasteiger partial charge on any atom is -0.381 e. The van der Waals surface area contributed by atoms with Gasteiger partial charge < -0.3 is 5.32 Å². The standard InChI is InChI=1S/C16H19ClN2/c1-11-4-2-3-5-14(11)19-15-8-9-18-16-10-12(17)6-7-13(15)16/h6-11,14H,2-5H2,1H3,(H,18,19). The molecule has 0 saturated heterocycles. The fourth-order valence-corrected chi connectivity index (χ4v) is 3.14. The average molecular weight is 275 g/mol. The van der Waals surface area contributed by atoms with E-state index in [9.17, 15) is 0 Å². The molecule has 1 saturated carbocycles. The van der Waals surface area contributed by atoms with E-state index in [1.807, 2.05) is 18.3 Å². The van der Waals surface area contributed by atoms with Crippen LogP contribution in [0, 0.1) is 5.92 Å². The van der Waals surface area contributed by atoms with Crippen LogP contribution in [0.15, 0.2) is 30.5 Å².